The highest BCUT2D eigenvalue weighted by molar-refractivity contribution is 5.77. The summed E-state index contributed by atoms with van der Waals surface area (Å²) in [4.78, 5) is 28.3. The van der Waals surface area contributed by atoms with E-state index in [4.69, 9.17) is 4.74 Å². The van der Waals surface area contributed by atoms with Gasteiger partial charge in [-0.3, -0.25) is 14.2 Å². The zero-order valence-corrected chi connectivity index (χ0v) is 19.9. The molecule has 0 unspecified atom stereocenters. The van der Waals surface area contributed by atoms with Gasteiger partial charge in [0.05, 0.1) is 18.5 Å². The third kappa shape index (κ3) is 5.86. The zero-order valence-electron chi connectivity index (χ0n) is 19.9. The molecule has 3 heterocycles. The van der Waals surface area contributed by atoms with Crippen molar-refractivity contribution in [3.05, 3.63) is 58.9 Å². The van der Waals surface area contributed by atoms with Gasteiger partial charge in [0.1, 0.15) is 23.6 Å². The standard InChI is InChI=1S/C26H33FN4O3/c1-19(2)28-25(32)18-31-24(20-8-6-9-21(27)14-20)17-30-16-22(15-23(30)26(31)33)34-13-7-12-29-10-4-3-5-11-29/h6,8-9,14-17,19H,3-5,7,10-13,18H2,1-2H3,(H,28,32). The molecule has 0 spiro atoms. The summed E-state index contributed by atoms with van der Waals surface area (Å²) in [6.45, 7) is 7.45. The molecule has 1 aromatic carbocycles. The van der Waals surface area contributed by atoms with Crippen LogP contribution < -0.4 is 15.6 Å². The topological polar surface area (TPSA) is 68.0 Å². The van der Waals surface area contributed by atoms with Crippen molar-refractivity contribution in [2.45, 2.75) is 52.1 Å². The lowest BCUT2D eigenvalue weighted by Crippen LogP contribution is -2.36. The highest BCUT2D eigenvalue weighted by atomic mass is 19.1. The van der Waals surface area contributed by atoms with Crippen molar-refractivity contribution in [1.29, 1.82) is 0 Å². The molecular formula is C26H33FN4O3. The van der Waals surface area contributed by atoms with Crippen LogP contribution >= 0.6 is 0 Å². The zero-order chi connectivity index (χ0) is 24.1. The maximum Gasteiger partial charge on any atom is 0.275 e. The lowest BCUT2D eigenvalue weighted by Gasteiger charge is -2.26. The second-order valence-corrected chi connectivity index (χ2v) is 9.21. The quantitative estimate of drug-likeness (QED) is 0.487. The summed E-state index contributed by atoms with van der Waals surface area (Å²) >= 11 is 0. The molecule has 0 radical (unpaired) electrons. The molecule has 2 aromatic heterocycles. The second kappa shape index (κ2) is 10.9. The van der Waals surface area contributed by atoms with Crippen molar-refractivity contribution in [2.24, 2.45) is 0 Å². The van der Waals surface area contributed by atoms with E-state index in [2.05, 4.69) is 10.2 Å². The number of fused-ring (bicyclic) bond motifs is 1. The number of rotatable bonds is 9. The number of likely N-dealkylation sites (tertiary alicyclic amines) is 1. The first-order chi connectivity index (χ1) is 16.4. The Labute approximate surface area is 199 Å². The second-order valence-electron chi connectivity index (χ2n) is 9.21. The van der Waals surface area contributed by atoms with Crippen LogP contribution in [-0.2, 0) is 11.3 Å². The summed E-state index contributed by atoms with van der Waals surface area (Å²) in [5.41, 5.74) is 1.06. The van der Waals surface area contributed by atoms with E-state index in [0.29, 0.717) is 29.1 Å². The molecule has 4 rings (SSSR count). The van der Waals surface area contributed by atoms with Crippen LogP contribution in [0.3, 0.4) is 0 Å². The molecule has 0 atom stereocenters. The minimum atomic E-state index is -0.409. The Bertz CT molecular complexity index is 1190. The lowest BCUT2D eigenvalue weighted by molar-refractivity contribution is -0.122. The number of benzene rings is 1. The highest BCUT2D eigenvalue weighted by Crippen LogP contribution is 2.23. The van der Waals surface area contributed by atoms with E-state index < -0.39 is 5.82 Å². The fraction of sp³-hybridized carbons (Fsp3) is 0.462. The SMILES string of the molecule is CC(C)NC(=O)Cn1c(-c2cccc(F)c2)cn2cc(OCCCN3CCCCC3)cc2c1=O. The first-order valence-corrected chi connectivity index (χ1v) is 12.1. The largest absolute Gasteiger partial charge is 0.492 e. The van der Waals surface area contributed by atoms with E-state index in [1.165, 1.54) is 36.0 Å². The smallest absolute Gasteiger partial charge is 0.275 e. The van der Waals surface area contributed by atoms with E-state index in [-0.39, 0.29) is 24.1 Å². The summed E-state index contributed by atoms with van der Waals surface area (Å²) in [6, 6.07) is 7.67. The van der Waals surface area contributed by atoms with Gasteiger partial charge in [-0.2, -0.15) is 0 Å². The molecule has 0 aliphatic carbocycles. The fourth-order valence-corrected chi connectivity index (χ4v) is 4.47. The summed E-state index contributed by atoms with van der Waals surface area (Å²) in [5.74, 6) is -0.0846. The van der Waals surface area contributed by atoms with Crippen molar-refractivity contribution in [1.82, 2.24) is 19.2 Å². The molecular weight excluding hydrogens is 435 g/mol. The van der Waals surface area contributed by atoms with Gasteiger partial charge in [-0.15, -0.1) is 0 Å². The van der Waals surface area contributed by atoms with Crippen LogP contribution in [0.25, 0.3) is 16.8 Å². The molecule has 1 N–H and O–H groups in total. The molecule has 0 bridgehead atoms. The first kappa shape index (κ1) is 24.0. The van der Waals surface area contributed by atoms with Gasteiger partial charge in [0.25, 0.3) is 5.56 Å². The third-order valence-electron chi connectivity index (χ3n) is 6.05. The van der Waals surface area contributed by atoms with Gasteiger partial charge in [0.2, 0.25) is 5.91 Å². The predicted molar refractivity (Wildman–Crippen MR) is 131 cm³/mol. The molecule has 3 aromatic rings. The number of ether oxygens (including phenoxy) is 1. The third-order valence-corrected chi connectivity index (χ3v) is 6.05. The van der Waals surface area contributed by atoms with Crippen molar-refractivity contribution >= 4 is 11.4 Å². The minimum Gasteiger partial charge on any atom is -0.492 e. The van der Waals surface area contributed by atoms with Crippen LogP contribution in [0.5, 0.6) is 5.75 Å². The summed E-state index contributed by atoms with van der Waals surface area (Å²) in [6.07, 6.45) is 8.27. The van der Waals surface area contributed by atoms with Crippen molar-refractivity contribution < 1.29 is 13.9 Å². The minimum absolute atomic E-state index is 0.0530. The van der Waals surface area contributed by atoms with E-state index in [9.17, 15) is 14.0 Å². The van der Waals surface area contributed by atoms with Gasteiger partial charge < -0.3 is 19.4 Å². The average Bonchev–Trinajstić information content (AvgIpc) is 3.22. The number of nitrogens with one attached hydrogen (secondary N) is 1. The summed E-state index contributed by atoms with van der Waals surface area (Å²) in [7, 11) is 0. The Morgan fingerprint density at radius 3 is 2.68 bits per heavy atom. The van der Waals surface area contributed by atoms with E-state index >= 15 is 0 Å². The molecule has 182 valence electrons. The van der Waals surface area contributed by atoms with Gasteiger partial charge >= 0.3 is 0 Å². The van der Waals surface area contributed by atoms with Crippen LogP contribution in [0.15, 0.2) is 47.5 Å². The Morgan fingerprint density at radius 2 is 1.94 bits per heavy atom. The highest BCUT2D eigenvalue weighted by Gasteiger charge is 2.17. The number of piperidine rings is 1. The molecule has 7 nitrogen and oxygen atoms in total. The molecule has 0 saturated carbocycles. The molecule has 1 fully saturated rings. The predicted octanol–water partition coefficient (Wildman–Crippen LogP) is 3.69. The molecule has 1 aliphatic heterocycles. The monoisotopic (exact) mass is 468 g/mol. The van der Waals surface area contributed by atoms with Gasteiger partial charge in [-0.25, -0.2) is 4.39 Å². The Morgan fingerprint density at radius 1 is 1.15 bits per heavy atom. The summed E-state index contributed by atoms with van der Waals surface area (Å²) < 4.78 is 23.0. The number of amides is 1. The number of aromatic nitrogens is 2. The number of hydrogen-bond donors (Lipinski definition) is 1. The Balaban J connectivity index is 1.58. The normalized spacial score (nSPS) is 14.6. The van der Waals surface area contributed by atoms with E-state index in [1.54, 1.807) is 35.0 Å². The van der Waals surface area contributed by atoms with Crippen LogP contribution in [0.2, 0.25) is 0 Å². The number of carbonyl (C=O) groups excluding carboxylic acids is 1. The summed E-state index contributed by atoms with van der Waals surface area (Å²) in [5, 5.41) is 2.81. The van der Waals surface area contributed by atoms with Crippen LogP contribution in [-0.4, -0.2) is 52.1 Å². The van der Waals surface area contributed by atoms with Crippen molar-refractivity contribution in [3.63, 3.8) is 0 Å². The molecule has 1 aliphatic rings. The number of halogens is 1. The van der Waals surface area contributed by atoms with Crippen molar-refractivity contribution in [3.8, 4) is 17.0 Å². The lowest BCUT2D eigenvalue weighted by atomic mass is 10.1. The molecule has 8 heteroatoms. The van der Waals surface area contributed by atoms with Gasteiger partial charge in [-0.1, -0.05) is 18.6 Å². The molecule has 34 heavy (non-hydrogen) atoms. The average molecular weight is 469 g/mol. The number of hydrogen-bond acceptors (Lipinski definition) is 4. The van der Waals surface area contributed by atoms with Crippen LogP contribution in [0.1, 0.15) is 39.5 Å². The van der Waals surface area contributed by atoms with E-state index in [1.807, 2.05) is 13.8 Å². The first-order valence-electron chi connectivity index (χ1n) is 12.1. The Kier molecular flexibility index (Phi) is 7.67. The maximum absolute atomic E-state index is 13.9. The fourth-order valence-electron chi connectivity index (χ4n) is 4.47. The number of nitrogens with zero attached hydrogens (tertiary/aromatic N) is 3. The van der Waals surface area contributed by atoms with Crippen LogP contribution in [0.4, 0.5) is 4.39 Å². The van der Waals surface area contributed by atoms with Gasteiger partial charge in [0, 0.05) is 30.4 Å². The molecule has 1 amide bonds. The maximum atomic E-state index is 13.9. The Hall–Kier alpha value is -3.13. The number of carbonyl (C=O) groups is 1. The van der Waals surface area contributed by atoms with E-state index in [0.717, 1.165) is 26.1 Å². The van der Waals surface area contributed by atoms with Gasteiger partial charge in [-0.05, 0) is 58.3 Å². The van der Waals surface area contributed by atoms with Crippen LogP contribution in [0, 0.1) is 5.82 Å². The van der Waals surface area contributed by atoms with Gasteiger partial charge in [0.15, 0.2) is 0 Å². The van der Waals surface area contributed by atoms with Crippen molar-refractivity contribution in [2.75, 3.05) is 26.2 Å². The molecule has 1 saturated heterocycles.